The molecule has 1 atom stereocenters. The van der Waals surface area contributed by atoms with Gasteiger partial charge in [0.1, 0.15) is 18.2 Å². The number of ether oxygens (including phenoxy) is 1. The van der Waals surface area contributed by atoms with Crippen LogP contribution < -0.4 is 4.74 Å². The molecule has 5 heteroatoms. The molecular weight excluding hydrogens is 289 g/mol. The van der Waals surface area contributed by atoms with Gasteiger partial charge in [-0.3, -0.25) is 4.79 Å². The second-order valence-corrected chi connectivity index (χ2v) is 5.06. The van der Waals surface area contributed by atoms with Gasteiger partial charge in [-0.05, 0) is 19.1 Å². The van der Waals surface area contributed by atoms with Crippen LogP contribution in [0.25, 0.3) is 0 Å². The molecule has 1 amide bonds. The SMILES string of the molecule is CC(Br)C(=O)N(C)CCOc1cccc(F)c1. The number of hydrogen-bond acceptors (Lipinski definition) is 2. The quantitative estimate of drug-likeness (QED) is 0.782. The van der Waals surface area contributed by atoms with Crippen LogP contribution in [0.15, 0.2) is 24.3 Å². The normalized spacial score (nSPS) is 12.0. The van der Waals surface area contributed by atoms with Crippen molar-refractivity contribution in [3.05, 3.63) is 30.1 Å². The van der Waals surface area contributed by atoms with E-state index < -0.39 is 0 Å². The van der Waals surface area contributed by atoms with Crippen molar-refractivity contribution in [1.29, 1.82) is 0 Å². The van der Waals surface area contributed by atoms with E-state index in [9.17, 15) is 9.18 Å². The summed E-state index contributed by atoms with van der Waals surface area (Å²) < 4.78 is 18.2. The number of carbonyl (C=O) groups is 1. The predicted molar refractivity (Wildman–Crippen MR) is 67.9 cm³/mol. The molecule has 0 bridgehead atoms. The van der Waals surface area contributed by atoms with Crippen LogP contribution in [-0.4, -0.2) is 35.8 Å². The fourth-order valence-electron chi connectivity index (χ4n) is 1.27. The lowest BCUT2D eigenvalue weighted by atomic mass is 10.3. The molecule has 0 radical (unpaired) electrons. The number of carbonyl (C=O) groups excluding carboxylic acids is 1. The molecule has 1 aromatic carbocycles. The highest BCUT2D eigenvalue weighted by Crippen LogP contribution is 2.11. The Morgan fingerprint density at radius 1 is 1.59 bits per heavy atom. The summed E-state index contributed by atoms with van der Waals surface area (Å²) in [5.74, 6) is 0.131. The molecule has 17 heavy (non-hydrogen) atoms. The Balaban J connectivity index is 2.35. The van der Waals surface area contributed by atoms with E-state index in [1.165, 1.54) is 12.1 Å². The fraction of sp³-hybridized carbons (Fsp3) is 0.417. The number of rotatable bonds is 5. The lowest BCUT2D eigenvalue weighted by molar-refractivity contribution is -0.129. The summed E-state index contributed by atoms with van der Waals surface area (Å²) in [5, 5.41) is 0. The number of hydrogen-bond donors (Lipinski definition) is 0. The Bertz CT molecular complexity index is 385. The average molecular weight is 304 g/mol. The van der Waals surface area contributed by atoms with E-state index in [0.717, 1.165) is 0 Å². The van der Waals surface area contributed by atoms with Gasteiger partial charge in [0.2, 0.25) is 5.91 Å². The monoisotopic (exact) mass is 303 g/mol. The Labute approximate surface area is 109 Å². The molecule has 1 aromatic rings. The van der Waals surface area contributed by atoms with Crippen molar-refractivity contribution in [2.45, 2.75) is 11.8 Å². The number of alkyl halides is 1. The number of halogens is 2. The average Bonchev–Trinajstić information content (AvgIpc) is 2.27. The molecule has 0 saturated carbocycles. The van der Waals surface area contributed by atoms with Gasteiger partial charge in [-0.15, -0.1) is 0 Å². The van der Waals surface area contributed by atoms with Crippen LogP contribution in [0.3, 0.4) is 0 Å². The third-order valence-corrected chi connectivity index (χ3v) is 2.60. The topological polar surface area (TPSA) is 29.5 Å². The van der Waals surface area contributed by atoms with Crippen molar-refractivity contribution < 1.29 is 13.9 Å². The smallest absolute Gasteiger partial charge is 0.235 e. The standard InChI is InChI=1S/C12H15BrFNO2/c1-9(13)12(16)15(2)6-7-17-11-5-3-4-10(14)8-11/h3-5,8-9H,6-7H2,1-2H3. The maximum Gasteiger partial charge on any atom is 0.235 e. The van der Waals surface area contributed by atoms with E-state index in [-0.39, 0.29) is 16.6 Å². The fourth-order valence-corrected chi connectivity index (χ4v) is 1.62. The number of amides is 1. The summed E-state index contributed by atoms with van der Waals surface area (Å²) in [6.45, 7) is 2.57. The zero-order chi connectivity index (χ0) is 12.8. The highest BCUT2D eigenvalue weighted by atomic mass is 79.9. The second-order valence-electron chi connectivity index (χ2n) is 3.68. The van der Waals surface area contributed by atoms with Crippen LogP contribution in [0, 0.1) is 5.82 Å². The van der Waals surface area contributed by atoms with E-state index >= 15 is 0 Å². The van der Waals surface area contributed by atoms with Gasteiger partial charge >= 0.3 is 0 Å². The number of likely N-dealkylation sites (N-methyl/N-ethyl adjacent to an activating group) is 1. The molecule has 0 N–H and O–H groups in total. The van der Waals surface area contributed by atoms with Crippen LogP contribution in [0.1, 0.15) is 6.92 Å². The van der Waals surface area contributed by atoms with Gasteiger partial charge in [0.15, 0.2) is 0 Å². The van der Waals surface area contributed by atoms with Gasteiger partial charge in [-0.25, -0.2) is 4.39 Å². The maximum atomic E-state index is 12.8. The summed E-state index contributed by atoms with van der Waals surface area (Å²) >= 11 is 3.21. The third-order valence-electron chi connectivity index (χ3n) is 2.21. The van der Waals surface area contributed by atoms with Gasteiger partial charge in [0.05, 0.1) is 11.4 Å². The predicted octanol–water partition coefficient (Wildman–Crippen LogP) is 2.45. The lowest BCUT2D eigenvalue weighted by Gasteiger charge is -2.18. The lowest BCUT2D eigenvalue weighted by Crippen LogP contribution is -2.35. The first-order chi connectivity index (χ1) is 8.00. The zero-order valence-corrected chi connectivity index (χ0v) is 11.4. The van der Waals surface area contributed by atoms with Crippen LogP contribution in [-0.2, 0) is 4.79 Å². The van der Waals surface area contributed by atoms with Gasteiger partial charge in [0, 0.05) is 13.1 Å². The van der Waals surface area contributed by atoms with Crippen LogP contribution in [0.5, 0.6) is 5.75 Å². The molecular formula is C12H15BrFNO2. The minimum atomic E-state index is -0.332. The molecule has 94 valence electrons. The maximum absolute atomic E-state index is 12.8. The molecule has 1 unspecified atom stereocenters. The molecule has 0 heterocycles. The van der Waals surface area contributed by atoms with E-state index in [4.69, 9.17) is 4.74 Å². The largest absolute Gasteiger partial charge is 0.492 e. The molecule has 0 saturated heterocycles. The summed E-state index contributed by atoms with van der Waals surface area (Å²) in [6, 6.07) is 5.93. The van der Waals surface area contributed by atoms with E-state index in [1.54, 1.807) is 31.0 Å². The minimum absolute atomic E-state index is 0.00663. The summed E-state index contributed by atoms with van der Waals surface area (Å²) in [5.41, 5.74) is 0. The van der Waals surface area contributed by atoms with Crippen LogP contribution in [0.4, 0.5) is 4.39 Å². The highest BCUT2D eigenvalue weighted by Gasteiger charge is 2.13. The van der Waals surface area contributed by atoms with Crippen molar-refractivity contribution in [2.75, 3.05) is 20.2 Å². The Morgan fingerprint density at radius 3 is 2.88 bits per heavy atom. The first kappa shape index (κ1) is 14.0. The Hall–Kier alpha value is -1.10. The summed E-state index contributed by atoms with van der Waals surface area (Å²) in [4.78, 5) is 12.9. The molecule has 0 aliphatic heterocycles. The summed E-state index contributed by atoms with van der Waals surface area (Å²) in [7, 11) is 1.70. The molecule has 3 nitrogen and oxygen atoms in total. The summed E-state index contributed by atoms with van der Waals surface area (Å²) in [6.07, 6.45) is 0. The molecule has 1 rings (SSSR count). The zero-order valence-electron chi connectivity index (χ0n) is 9.82. The van der Waals surface area contributed by atoms with Gasteiger partial charge < -0.3 is 9.64 Å². The van der Waals surface area contributed by atoms with Crippen molar-refractivity contribution in [3.63, 3.8) is 0 Å². The van der Waals surface area contributed by atoms with E-state index in [1.807, 2.05) is 0 Å². The van der Waals surface area contributed by atoms with Gasteiger partial charge in [0.25, 0.3) is 0 Å². The van der Waals surface area contributed by atoms with E-state index in [0.29, 0.717) is 18.9 Å². The third kappa shape index (κ3) is 4.73. The van der Waals surface area contributed by atoms with E-state index in [2.05, 4.69) is 15.9 Å². The van der Waals surface area contributed by atoms with Crippen molar-refractivity contribution >= 4 is 21.8 Å². The highest BCUT2D eigenvalue weighted by molar-refractivity contribution is 9.10. The number of nitrogens with zero attached hydrogens (tertiary/aromatic N) is 1. The van der Waals surface area contributed by atoms with Gasteiger partial charge in [-0.2, -0.15) is 0 Å². The molecule has 0 aliphatic rings. The van der Waals surface area contributed by atoms with Gasteiger partial charge in [-0.1, -0.05) is 22.0 Å². The molecule has 0 spiro atoms. The van der Waals surface area contributed by atoms with Crippen molar-refractivity contribution in [3.8, 4) is 5.75 Å². The Kier molecular flexibility index (Phi) is 5.41. The minimum Gasteiger partial charge on any atom is -0.492 e. The van der Waals surface area contributed by atoms with Crippen molar-refractivity contribution in [2.24, 2.45) is 0 Å². The molecule has 0 fully saturated rings. The molecule has 0 aromatic heterocycles. The first-order valence-electron chi connectivity index (χ1n) is 5.28. The second kappa shape index (κ2) is 6.59. The first-order valence-corrected chi connectivity index (χ1v) is 6.19. The van der Waals surface area contributed by atoms with Crippen LogP contribution in [0.2, 0.25) is 0 Å². The van der Waals surface area contributed by atoms with Crippen molar-refractivity contribution in [1.82, 2.24) is 4.90 Å². The van der Waals surface area contributed by atoms with Crippen LogP contribution >= 0.6 is 15.9 Å². The molecule has 0 aliphatic carbocycles. The number of benzene rings is 1. The Morgan fingerprint density at radius 2 is 2.29 bits per heavy atom.